The van der Waals surface area contributed by atoms with Gasteiger partial charge in [-0.2, -0.15) is 11.8 Å². The molecule has 0 saturated heterocycles. The summed E-state index contributed by atoms with van der Waals surface area (Å²) in [6, 6.07) is 22.7. The Balaban J connectivity index is 1.36. The van der Waals surface area contributed by atoms with Gasteiger partial charge in [-0.3, -0.25) is 4.79 Å². The Kier molecular flexibility index (Phi) is 7.86. The third-order valence-corrected chi connectivity index (χ3v) is 8.45. The Bertz CT molecular complexity index is 1510. The maximum Gasteiger partial charge on any atom is 0.335 e. The van der Waals surface area contributed by atoms with Crippen LogP contribution in [0.5, 0.6) is 5.75 Å². The minimum atomic E-state index is -0.938. The summed E-state index contributed by atoms with van der Waals surface area (Å²) in [5.74, 6) is -0.430. The van der Waals surface area contributed by atoms with Crippen molar-refractivity contribution in [3.63, 3.8) is 0 Å². The number of aliphatic carboxylic acids is 1. The molecule has 2 unspecified atom stereocenters. The zero-order valence-electron chi connectivity index (χ0n) is 20.5. The lowest BCUT2D eigenvalue weighted by molar-refractivity contribution is -0.136. The molecule has 38 heavy (non-hydrogen) atoms. The molecule has 0 radical (unpaired) electrons. The Morgan fingerprint density at radius 3 is 2.66 bits per heavy atom. The monoisotopic (exact) mass is 547 g/mol. The number of carboxylic acids is 2. The molecule has 5 rings (SSSR count). The minimum Gasteiger partial charge on any atom is -0.487 e. The standard InChI is InChI=1S/C30H26ClNO5S/c31-22-8-5-18-6-9-23(32-27(18)15-22)17-37-24-10-7-20-14-21(13-19-3-1-2-4-25(19)30(35)36)29(26(20)16-24)38-12-11-28(33)34/h1-10,15-16,21,29H,11-14,17H2,(H,33,34)(H,35,36). The first-order chi connectivity index (χ1) is 18.4. The molecule has 1 heterocycles. The number of halogens is 1. The molecule has 2 atom stereocenters. The van der Waals surface area contributed by atoms with Crippen molar-refractivity contribution >= 4 is 46.2 Å². The van der Waals surface area contributed by atoms with Gasteiger partial charge < -0.3 is 14.9 Å². The zero-order chi connectivity index (χ0) is 26.6. The first-order valence-corrected chi connectivity index (χ1v) is 13.8. The van der Waals surface area contributed by atoms with Crippen LogP contribution in [0.1, 0.15) is 44.4 Å². The van der Waals surface area contributed by atoms with Gasteiger partial charge in [0, 0.05) is 21.4 Å². The molecule has 0 spiro atoms. The van der Waals surface area contributed by atoms with Crippen LogP contribution in [0, 0.1) is 5.92 Å². The summed E-state index contributed by atoms with van der Waals surface area (Å²) in [6.45, 7) is 0.299. The molecular formula is C30H26ClNO5S. The van der Waals surface area contributed by atoms with Crippen molar-refractivity contribution in [2.24, 2.45) is 5.92 Å². The second kappa shape index (κ2) is 11.5. The fourth-order valence-corrected chi connectivity index (χ4v) is 6.57. The number of benzene rings is 3. The van der Waals surface area contributed by atoms with Crippen LogP contribution in [0.3, 0.4) is 0 Å². The molecule has 1 aliphatic rings. The highest BCUT2D eigenvalue weighted by atomic mass is 35.5. The molecule has 0 saturated carbocycles. The summed E-state index contributed by atoms with van der Waals surface area (Å²) in [6.07, 6.45) is 1.46. The van der Waals surface area contributed by atoms with Gasteiger partial charge in [0.1, 0.15) is 12.4 Å². The van der Waals surface area contributed by atoms with E-state index in [0.29, 0.717) is 35.1 Å². The van der Waals surface area contributed by atoms with Crippen molar-refractivity contribution < 1.29 is 24.5 Å². The van der Waals surface area contributed by atoms with E-state index in [-0.39, 0.29) is 17.6 Å². The first kappa shape index (κ1) is 26.1. The Hall–Kier alpha value is -3.55. The third-order valence-electron chi connectivity index (χ3n) is 6.78. The minimum absolute atomic E-state index is 0.0377. The Labute approximate surface area is 229 Å². The highest BCUT2D eigenvalue weighted by molar-refractivity contribution is 7.99. The fourth-order valence-electron chi connectivity index (χ4n) is 4.99. The molecule has 3 aromatic carbocycles. The van der Waals surface area contributed by atoms with Crippen molar-refractivity contribution in [3.8, 4) is 5.75 Å². The number of aromatic carboxylic acids is 1. The molecular weight excluding hydrogens is 522 g/mol. The van der Waals surface area contributed by atoms with Gasteiger partial charge in [0.15, 0.2) is 0 Å². The Morgan fingerprint density at radius 1 is 1.03 bits per heavy atom. The smallest absolute Gasteiger partial charge is 0.335 e. The van der Waals surface area contributed by atoms with Crippen molar-refractivity contribution in [3.05, 3.63) is 106 Å². The number of hydrogen-bond donors (Lipinski definition) is 2. The number of aromatic nitrogens is 1. The van der Waals surface area contributed by atoms with Gasteiger partial charge in [-0.25, -0.2) is 9.78 Å². The molecule has 2 N–H and O–H groups in total. The van der Waals surface area contributed by atoms with Gasteiger partial charge in [-0.15, -0.1) is 0 Å². The zero-order valence-corrected chi connectivity index (χ0v) is 22.0. The average Bonchev–Trinajstić information content (AvgIpc) is 3.23. The fraction of sp³-hybridized carbons (Fsp3) is 0.233. The maximum absolute atomic E-state index is 11.8. The Morgan fingerprint density at radius 2 is 1.84 bits per heavy atom. The van der Waals surface area contributed by atoms with E-state index >= 15 is 0 Å². The molecule has 0 fully saturated rings. The van der Waals surface area contributed by atoms with Crippen LogP contribution < -0.4 is 4.74 Å². The van der Waals surface area contributed by atoms with E-state index in [1.54, 1.807) is 23.9 Å². The van der Waals surface area contributed by atoms with E-state index < -0.39 is 11.9 Å². The first-order valence-electron chi connectivity index (χ1n) is 12.3. The SMILES string of the molecule is O=C(O)CCSC1c2cc(OCc3ccc4ccc(Cl)cc4n3)ccc2CC1Cc1ccccc1C(=O)O. The second-order valence-electron chi connectivity index (χ2n) is 9.35. The second-order valence-corrected chi connectivity index (χ2v) is 11.0. The summed E-state index contributed by atoms with van der Waals surface area (Å²) in [5.41, 5.74) is 5.00. The number of thioether (sulfide) groups is 1. The van der Waals surface area contributed by atoms with E-state index in [1.807, 2.05) is 54.6 Å². The van der Waals surface area contributed by atoms with Gasteiger partial charge in [-0.1, -0.05) is 48.0 Å². The number of carbonyl (C=O) groups is 2. The van der Waals surface area contributed by atoms with Crippen LogP contribution in [-0.4, -0.2) is 32.9 Å². The van der Waals surface area contributed by atoms with Gasteiger partial charge in [0.05, 0.1) is 23.2 Å². The van der Waals surface area contributed by atoms with Gasteiger partial charge in [-0.05, 0) is 71.8 Å². The van der Waals surface area contributed by atoms with Gasteiger partial charge in [0.2, 0.25) is 0 Å². The lowest BCUT2D eigenvalue weighted by atomic mass is 9.93. The van der Waals surface area contributed by atoms with Crippen LogP contribution >= 0.6 is 23.4 Å². The highest BCUT2D eigenvalue weighted by Gasteiger charge is 2.34. The molecule has 0 aliphatic heterocycles. The molecule has 194 valence electrons. The predicted molar refractivity (Wildman–Crippen MR) is 149 cm³/mol. The number of rotatable bonds is 10. The summed E-state index contributed by atoms with van der Waals surface area (Å²) < 4.78 is 6.12. The number of carboxylic acid groups (broad SMARTS) is 2. The number of fused-ring (bicyclic) bond motifs is 2. The molecule has 6 nitrogen and oxygen atoms in total. The highest BCUT2D eigenvalue weighted by Crippen LogP contribution is 2.48. The van der Waals surface area contributed by atoms with E-state index in [4.69, 9.17) is 16.3 Å². The normalized spacial score (nSPS) is 16.3. The quantitative estimate of drug-likeness (QED) is 0.224. The van der Waals surface area contributed by atoms with E-state index in [0.717, 1.165) is 34.1 Å². The van der Waals surface area contributed by atoms with Gasteiger partial charge >= 0.3 is 11.9 Å². The van der Waals surface area contributed by atoms with E-state index in [1.165, 1.54) is 5.56 Å². The molecule has 4 aromatic rings. The number of nitrogens with zero attached hydrogens (tertiary/aromatic N) is 1. The predicted octanol–water partition coefficient (Wildman–Crippen LogP) is 6.83. The van der Waals surface area contributed by atoms with Crippen LogP contribution in [0.2, 0.25) is 5.02 Å². The van der Waals surface area contributed by atoms with E-state index in [2.05, 4.69) is 11.1 Å². The number of pyridine rings is 1. The lowest BCUT2D eigenvalue weighted by Gasteiger charge is -2.21. The van der Waals surface area contributed by atoms with Crippen molar-refractivity contribution in [2.75, 3.05) is 5.75 Å². The molecule has 8 heteroatoms. The van der Waals surface area contributed by atoms with Crippen LogP contribution in [-0.2, 0) is 24.2 Å². The summed E-state index contributed by atoms with van der Waals surface area (Å²) in [5, 5.41) is 20.5. The average molecular weight is 548 g/mol. The van der Waals surface area contributed by atoms with Gasteiger partial charge in [0.25, 0.3) is 0 Å². The molecule has 1 aromatic heterocycles. The maximum atomic E-state index is 11.8. The lowest BCUT2D eigenvalue weighted by Crippen LogP contribution is -2.13. The largest absolute Gasteiger partial charge is 0.487 e. The van der Waals surface area contributed by atoms with Crippen molar-refractivity contribution in [2.45, 2.75) is 31.1 Å². The molecule has 0 amide bonds. The molecule has 0 bridgehead atoms. The third kappa shape index (κ3) is 5.95. The van der Waals surface area contributed by atoms with Crippen LogP contribution in [0.25, 0.3) is 10.9 Å². The summed E-state index contributed by atoms with van der Waals surface area (Å²) in [4.78, 5) is 27.6. The molecule has 1 aliphatic carbocycles. The van der Waals surface area contributed by atoms with Crippen molar-refractivity contribution in [1.82, 2.24) is 4.98 Å². The van der Waals surface area contributed by atoms with Crippen LogP contribution in [0.4, 0.5) is 0 Å². The van der Waals surface area contributed by atoms with Crippen LogP contribution in [0.15, 0.2) is 72.8 Å². The topological polar surface area (TPSA) is 96.7 Å². The van der Waals surface area contributed by atoms with Crippen molar-refractivity contribution in [1.29, 1.82) is 0 Å². The number of ether oxygens (including phenoxy) is 1. The van der Waals surface area contributed by atoms with E-state index in [9.17, 15) is 19.8 Å². The summed E-state index contributed by atoms with van der Waals surface area (Å²) >= 11 is 7.73. The number of hydrogen-bond acceptors (Lipinski definition) is 5. The summed E-state index contributed by atoms with van der Waals surface area (Å²) in [7, 11) is 0.